The van der Waals surface area contributed by atoms with E-state index < -0.39 is 0 Å². The summed E-state index contributed by atoms with van der Waals surface area (Å²) in [7, 11) is 3.43. The van der Waals surface area contributed by atoms with Crippen LogP contribution in [0.1, 0.15) is 18.5 Å². The molecule has 3 nitrogen and oxygen atoms in total. The van der Waals surface area contributed by atoms with Crippen molar-refractivity contribution >= 4 is 0 Å². The van der Waals surface area contributed by atoms with E-state index in [1.54, 1.807) is 6.07 Å². The van der Waals surface area contributed by atoms with Crippen LogP contribution >= 0.6 is 0 Å². The van der Waals surface area contributed by atoms with Crippen molar-refractivity contribution < 1.29 is 9.13 Å². The van der Waals surface area contributed by atoms with Gasteiger partial charge in [0.1, 0.15) is 0 Å². The first-order chi connectivity index (χ1) is 7.60. The Kier molecular flexibility index (Phi) is 4.71. The topological polar surface area (TPSA) is 38.5 Å². The predicted octanol–water partition coefficient (Wildman–Crippen LogP) is 1.79. The minimum absolute atomic E-state index is 0.143. The van der Waals surface area contributed by atoms with E-state index in [0.717, 1.165) is 12.1 Å². The maximum absolute atomic E-state index is 13.5. The molecule has 16 heavy (non-hydrogen) atoms. The van der Waals surface area contributed by atoms with Crippen LogP contribution in [0.2, 0.25) is 0 Å². The molecule has 1 atom stereocenters. The summed E-state index contributed by atoms with van der Waals surface area (Å²) in [6.07, 6.45) is 0. The number of methoxy groups -OCH3 is 1. The van der Waals surface area contributed by atoms with Gasteiger partial charge in [-0.25, -0.2) is 4.39 Å². The summed E-state index contributed by atoms with van der Waals surface area (Å²) in [5, 5.41) is 0. The number of hydrogen-bond acceptors (Lipinski definition) is 3. The van der Waals surface area contributed by atoms with Crippen LogP contribution in [0.3, 0.4) is 0 Å². The molecule has 0 spiro atoms. The molecule has 0 heterocycles. The Balaban J connectivity index is 2.84. The van der Waals surface area contributed by atoms with Crippen molar-refractivity contribution in [1.29, 1.82) is 0 Å². The first-order valence-electron chi connectivity index (χ1n) is 5.34. The number of nitrogens with two attached hydrogens (primary N) is 1. The largest absolute Gasteiger partial charge is 0.494 e. The Hall–Kier alpha value is -1.13. The van der Waals surface area contributed by atoms with E-state index in [4.69, 9.17) is 10.5 Å². The monoisotopic (exact) mass is 226 g/mol. The van der Waals surface area contributed by atoms with Crippen LogP contribution in [0, 0.1) is 5.82 Å². The number of benzene rings is 1. The highest BCUT2D eigenvalue weighted by atomic mass is 19.1. The number of hydrogen-bond donors (Lipinski definition) is 1. The fourth-order valence-electron chi connectivity index (χ4n) is 1.59. The second kappa shape index (κ2) is 5.82. The standard InChI is InChI=1S/C12H19FN2O/c1-9(15(2)7-6-14)10-4-5-12(16-3)11(13)8-10/h4-5,8-9H,6-7,14H2,1-3H3. The van der Waals surface area contributed by atoms with E-state index in [0.29, 0.717) is 6.54 Å². The molecule has 0 aliphatic rings. The molecular formula is C12H19FN2O. The highest BCUT2D eigenvalue weighted by molar-refractivity contribution is 5.30. The zero-order chi connectivity index (χ0) is 12.1. The van der Waals surface area contributed by atoms with Crippen molar-refractivity contribution in [2.24, 2.45) is 5.73 Å². The highest BCUT2D eigenvalue weighted by Gasteiger charge is 2.13. The maximum Gasteiger partial charge on any atom is 0.165 e. The molecule has 0 aromatic heterocycles. The number of nitrogens with zero attached hydrogens (tertiary/aromatic N) is 1. The fourth-order valence-corrected chi connectivity index (χ4v) is 1.59. The molecule has 0 fully saturated rings. The SMILES string of the molecule is COc1ccc(C(C)N(C)CCN)cc1F. The smallest absolute Gasteiger partial charge is 0.165 e. The van der Waals surface area contributed by atoms with E-state index in [-0.39, 0.29) is 17.6 Å². The second-order valence-corrected chi connectivity index (χ2v) is 3.84. The lowest BCUT2D eigenvalue weighted by molar-refractivity contribution is 0.268. The van der Waals surface area contributed by atoms with Crippen molar-refractivity contribution in [3.8, 4) is 5.75 Å². The Bertz CT molecular complexity index is 344. The fraction of sp³-hybridized carbons (Fsp3) is 0.500. The quantitative estimate of drug-likeness (QED) is 0.831. The van der Waals surface area contributed by atoms with Crippen molar-refractivity contribution in [1.82, 2.24) is 4.90 Å². The second-order valence-electron chi connectivity index (χ2n) is 3.84. The molecule has 0 aliphatic carbocycles. The summed E-state index contributed by atoms with van der Waals surface area (Å²) in [5.41, 5.74) is 6.41. The van der Waals surface area contributed by atoms with Gasteiger partial charge in [-0.05, 0) is 31.7 Å². The van der Waals surface area contributed by atoms with Gasteiger partial charge in [0, 0.05) is 19.1 Å². The van der Waals surface area contributed by atoms with Crippen LogP contribution in [0.4, 0.5) is 4.39 Å². The van der Waals surface area contributed by atoms with Crippen molar-refractivity contribution in [2.45, 2.75) is 13.0 Å². The van der Waals surface area contributed by atoms with Gasteiger partial charge in [-0.1, -0.05) is 6.07 Å². The molecule has 2 N–H and O–H groups in total. The van der Waals surface area contributed by atoms with E-state index in [1.165, 1.54) is 13.2 Å². The van der Waals surface area contributed by atoms with E-state index >= 15 is 0 Å². The lowest BCUT2D eigenvalue weighted by Gasteiger charge is -2.24. The number of rotatable bonds is 5. The number of halogens is 1. The van der Waals surface area contributed by atoms with Crippen LogP contribution in [0.25, 0.3) is 0 Å². The van der Waals surface area contributed by atoms with Crippen LogP contribution in [-0.4, -0.2) is 32.1 Å². The summed E-state index contributed by atoms with van der Waals surface area (Å²) in [5.74, 6) is -0.0505. The summed E-state index contributed by atoms with van der Waals surface area (Å²) in [4.78, 5) is 2.08. The maximum atomic E-state index is 13.5. The van der Waals surface area contributed by atoms with Gasteiger partial charge in [0.15, 0.2) is 11.6 Å². The molecule has 0 bridgehead atoms. The first-order valence-corrected chi connectivity index (χ1v) is 5.34. The average molecular weight is 226 g/mol. The lowest BCUT2D eigenvalue weighted by Crippen LogP contribution is -2.28. The number of ether oxygens (including phenoxy) is 1. The summed E-state index contributed by atoms with van der Waals surface area (Å²) < 4.78 is 18.4. The molecule has 1 aromatic carbocycles. The molecule has 0 amide bonds. The third kappa shape index (κ3) is 2.93. The Morgan fingerprint density at radius 1 is 1.50 bits per heavy atom. The van der Waals surface area contributed by atoms with Crippen molar-refractivity contribution in [3.05, 3.63) is 29.6 Å². The molecular weight excluding hydrogens is 207 g/mol. The normalized spacial score (nSPS) is 12.9. The minimum atomic E-state index is -0.326. The summed E-state index contributed by atoms with van der Waals surface area (Å²) in [6, 6.07) is 5.18. The molecule has 1 aromatic rings. The molecule has 90 valence electrons. The lowest BCUT2D eigenvalue weighted by atomic mass is 10.1. The van der Waals surface area contributed by atoms with E-state index in [9.17, 15) is 4.39 Å². The van der Waals surface area contributed by atoms with Gasteiger partial charge in [-0.15, -0.1) is 0 Å². The molecule has 4 heteroatoms. The Morgan fingerprint density at radius 3 is 2.69 bits per heavy atom. The van der Waals surface area contributed by atoms with Crippen molar-refractivity contribution in [3.63, 3.8) is 0 Å². The molecule has 0 saturated carbocycles. The first kappa shape index (κ1) is 12.9. The van der Waals surface area contributed by atoms with Gasteiger partial charge in [0.05, 0.1) is 7.11 Å². The molecule has 1 rings (SSSR count). The third-order valence-electron chi connectivity index (χ3n) is 2.80. The van der Waals surface area contributed by atoms with Crippen LogP contribution in [-0.2, 0) is 0 Å². The van der Waals surface area contributed by atoms with Gasteiger partial charge in [-0.3, -0.25) is 4.90 Å². The molecule has 1 unspecified atom stereocenters. The summed E-state index contributed by atoms with van der Waals surface area (Å²) in [6.45, 7) is 3.41. The van der Waals surface area contributed by atoms with E-state index in [2.05, 4.69) is 4.90 Å². The van der Waals surface area contributed by atoms with Crippen LogP contribution in [0.15, 0.2) is 18.2 Å². The van der Waals surface area contributed by atoms with Crippen molar-refractivity contribution in [2.75, 3.05) is 27.2 Å². The molecule has 0 aliphatic heterocycles. The van der Waals surface area contributed by atoms with Gasteiger partial charge in [0.25, 0.3) is 0 Å². The summed E-state index contributed by atoms with van der Waals surface area (Å²) >= 11 is 0. The van der Waals surface area contributed by atoms with Gasteiger partial charge < -0.3 is 10.5 Å². The van der Waals surface area contributed by atoms with Gasteiger partial charge in [0.2, 0.25) is 0 Å². The molecule has 0 saturated heterocycles. The zero-order valence-electron chi connectivity index (χ0n) is 10.0. The van der Waals surface area contributed by atoms with Crippen LogP contribution < -0.4 is 10.5 Å². The zero-order valence-corrected chi connectivity index (χ0v) is 10.0. The third-order valence-corrected chi connectivity index (χ3v) is 2.80. The van der Waals surface area contributed by atoms with Gasteiger partial charge in [-0.2, -0.15) is 0 Å². The Morgan fingerprint density at radius 2 is 2.19 bits per heavy atom. The molecule has 0 radical (unpaired) electrons. The van der Waals surface area contributed by atoms with Gasteiger partial charge >= 0.3 is 0 Å². The van der Waals surface area contributed by atoms with E-state index in [1.807, 2.05) is 20.0 Å². The number of likely N-dealkylation sites (N-methyl/N-ethyl adjacent to an activating group) is 1. The highest BCUT2D eigenvalue weighted by Crippen LogP contribution is 2.24. The predicted molar refractivity (Wildman–Crippen MR) is 63.1 cm³/mol. The minimum Gasteiger partial charge on any atom is -0.494 e. The van der Waals surface area contributed by atoms with Crippen LogP contribution in [0.5, 0.6) is 5.75 Å². The Labute approximate surface area is 96.0 Å². The average Bonchev–Trinajstić information content (AvgIpc) is 2.28.